The quantitative estimate of drug-likeness (QED) is 0.894. The summed E-state index contributed by atoms with van der Waals surface area (Å²) in [6, 6.07) is 2.05. The minimum absolute atomic E-state index is 0.229. The second-order valence-electron chi connectivity index (χ2n) is 3.20. The van der Waals surface area contributed by atoms with E-state index >= 15 is 0 Å². The van der Waals surface area contributed by atoms with E-state index in [4.69, 9.17) is 0 Å². The molecule has 2 amide bonds. The van der Waals surface area contributed by atoms with Crippen molar-refractivity contribution in [3.05, 3.63) is 28.2 Å². The van der Waals surface area contributed by atoms with Crippen molar-refractivity contribution in [3.63, 3.8) is 0 Å². The molecule has 1 aromatic rings. The molecular weight excluding hydrogens is 298 g/mol. The molecule has 0 aliphatic rings. The van der Waals surface area contributed by atoms with Gasteiger partial charge in [-0.2, -0.15) is 0 Å². The van der Waals surface area contributed by atoms with Gasteiger partial charge in [0.15, 0.2) is 11.6 Å². The van der Waals surface area contributed by atoms with Crippen molar-refractivity contribution in [3.8, 4) is 0 Å². The summed E-state index contributed by atoms with van der Waals surface area (Å²) in [7, 11) is 0. The van der Waals surface area contributed by atoms with Crippen LogP contribution in [-0.2, 0) is 9.59 Å². The van der Waals surface area contributed by atoms with Crippen molar-refractivity contribution in [2.24, 2.45) is 0 Å². The second kappa shape index (κ2) is 5.72. The van der Waals surface area contributed by atoms with Gasteiger partial charge in [0.25, 0.3) is 0 Å². The van der Waals surface area contributed by atoms with Crippen LogP contribution >= 0.6 is 15.9 Å². The van der Waals surface area contributed by atoms with Crippen LogP contribution in [0.4, 0.5) is 14.5 Å². The van der Waals surface area contributed by atoms with E-state index in [1.54, 1.807) is 0 Å². The zero-order valence-corrected chi connectivity index (χ0v) is 10.4. The van der Waals surface area contributed by atoms with Gasteiger partial charge in [-0.05, 0) is 12.1 Å². The van der Waals surface area contributed by atoms with Crippen LogP contribution < -0.4 is 10.6 Å². The number of hydrogen-bond acceptors (Lipinski definition) is 2. The first-order valence-electron chi connectivity index (χ1n) is 4.59. The molecule has 0 aromatic heterocycles. The monoisotopic (exact) mass is 306 g/mol. The zero-order chi connectivity index (χ0) is 13.0. The molecule has 0 unspecified atom stereocenters. The highest BCUT2D eigenvalue weighted by atomic mass is 79.9. The van der Waals surface area contributed by atoms with Crippen molar-refractivity contribution in [1.82, 2.24) is 5.32 Å². The predicted molar refractivity (Wildman–Crippen MR) is 61.4 cm³/mol. The maximum atomic E-state index is 13.3. The van der Waals surface area contributed by atoms with Crippen LogP contribution in [0.1, 0.15) is 6.92 Å². The molecule has 17 heavy (non-hydrogen) atoms. The maximum absolute atomic E-state index is 13.3. The van der Waals surface area contributed by atoms with Crippen LogP contribution in [0.5, 0.6) is 0 Å². The normalized spacial score (nSPS) is 9.88. The number of anilines is 1. The Morgan fingerprint density at radius 3 is 2.29 bits per heavy atom. The van der Waals surface area contributed by atoms with Crippen molar-refractivity contribution < 1.29 is 18.4 Å². The molecule has 0 aliphatic carbocycles. The van der Waals surface area contributed by atoms with Crippen LogP contribution in [0, 0.1) is 11.6 Å². The predicted octanol–water partition coefficient (Wildman–Crippen LogP) is 1.80. The summed E-state index contributed by atoms with van der Waals surface area (Å²) in [6.07, 6.45) is 0. The zero-order valence-electron chi connectivity index (χ0n) is 8.81. The van der Waals surface area contributed by atoms with E-state index in [2.05, 4.69) is 21.2 Å². The molecule has 7 heteroatoms. The highest BCUT2D eigenvalue weighted by Crippen LogP contribution is 2.23. The molecule has 92 valence electrons. The molecule has 2 N–H and O–H groups in total. The highest BCUT2D eigenvalue weighted by molar-refractivity contribution is 9.10. The lowest BCUT2D eigenvalue weighted by Crippen LogP contribution is -2.31. The number of amides is 2. The molecule has 1 aromatic carbocycles. The topological polar surface area (TPSA) is 58.2 Å². The first-order chi connectivity index (χ1) is 7.90. The number of halogens is 3. The number of nitrogens with one attached hydrogen (secondary N) is 2. The van der Waals surface area contributed by atoms with Gasteiger partial charge in [0.2, 0.25) is 11.8 Å². The average molecular weight is 307 g/mol. The third kappa shape index (κ3) is 4.10. The number of benzene rings is 1. The first-order valence-corrected chi connectivity index (χ1v) is 5.38. The molecule has 0 saturated carbocycles. The van der Waals surface area contributed by atoms with Crippen molar-refractivity contribution in [1.29, 1.82) is 0 Å². The molecular formula is C10H9BrF2N2O2. The van der Waals surface area contributed by atoms with E-state index < -0.39 is 29.1 Å². The van der Waals surface area contributed by atoms with Crippen LogP contribution in [0.3, 0.4) is 0 Å². The van der Waals surface area contributed by atoms with Gasteiger partial charge in [0.1, 0.15) is 5.69 Å². The van der Waals surface area contributed by atoms with Gasteiger partial charge >= 0.3 is 0 Å². The number of rotatable bonds is 3. The SMILES string of the molecule is CC(=O)NCC(=O)Nc1c(F)cc(Br)cc1F. The van der Waals surface area contributed by atoms with E-state index in [-0.39, 0.29) is 11.0 Å². The second-order valence-corrected chi connectivity index (χ2v) is 4.12. The molecule has 0 aliphatic heterocycles. The van der Waals surface area contributed by atoms with Crippen LogP contribution in [0.15, 0.2) is 16.6 Å². The van der Waals surface area contributed by atoms with E-state index in [0.717, 1.165) is 12.1 Å². The van der Waals surface area contributed by atoms with E-state index in [0.29, 0.717) is 0 Å². The molecule has 0 radical (unpaired) electrons. The average Bonchev–Trinajstić information content (AvgIpc) is 2.20. The highest BCUT2D eigenvalue weighted by Gasteiger charge is 2.13. The number of carbonyl (C=O) groups is 2. The Labute approximate surface area is 105 Å². The Morgan fingerprint density at radius 2 is 1.82 bits per heavy atom. The summed E-state index contributed by atoms with van der Waals surface area (Å²) in [5.74, 6) is -2.90. The number of hydrogen-bond donors (Lipinski definition) is 2. The fourth-order valence-electron chi connectivity index (χ4n) is 1.05. The van der Waals surface area contributed by atoms with Gasteiger partial charge in [-0.1, -0.05) is 15.9 Å². The lowest BCUT2D eigenvalue weighted by Gasteiger charge is -2.08. The minimum Gasteiger partial charge on any atom is -0.347 e. The molecule has 0 bridgehead atoms. The largest absolute Gasteiger partial charge is 0.347 e. The molecule has 0 fully saturated rings. The minimum atomic E-state index is -0.895. The van der Waals surface area contributed by atoms with Crippen LogP contribution in [0.2, 0.25) is 0 Å². The maximum Gasteiger partial charge on any atom is 0.243 e. The molecule has 0 atom stereocenters. The standard InChI is InChI=1S/C10H9BrF2N2O2/c1-5(16)14-4-9(17)15-10-7(12)2-6(11)3-8(10)13/h2-3H,4H2,1H3,(H,14,16)(H,15,17). The molecule has 0 spiro atoms. The van der Waals surface area contributed by atoms with Gasteiger partial charge in [-0.15, -0.1) is 0 Å². The van der Waals surface area contributed by atoms with Gasteiger partial charge in [0.05, 0.1) is 6.54 Å². The fourth-order valence-corrected chi connectivity index (χ4v) is 1.45. The van der Waals surface area contributed by atoms with Crippen molar-refractivity contribution in [2.75, 3.05) is 11.9 Å². The van der Waals surface area contributed by atoms with Gasteiger partial charge in [0, 0.05) is 11.4 Å². The lowest BCUT2D eigenvalue weighted by atomic mass is 10.3. The van der Waals surface area contributed by atoms with E-state index in [1.165, 1.54) is 6.92 Å². The summed E-state index contributed by atoms with van der Waals surface area (Å²) in [5, 5.41) is 4.25. The van der Waals surface area contributed by atoms with Crippen molar-refractivity contribution >= 4 is 33.4 Å². The van der Waals surface area contributed by atoms with Gasteiger partial charge in [-0.3, -0.25) is 9.59 Å². The third-order valence-electron chi connectivity index (χ3n) is 1.77. The first kappa shape index (κ1) is 13.6. The van der Waals surface area contributed by atoms with Crippen LogP contribution in [-0.4, -0.2) is 18.4 Å². The summed E-state index contributed by atoms with van der Waals surface area (Å²) in [4.78, 5) is 21.8. The Kier molecular flexibility index (Phi) is 4.56. The lowest BCUT2D eigenvalue weighted by molar-refractivity contribution is -0.122. The summed E-state index contributed by atoms with van der Waals surface area (Å²) < 4.78 is 26.8. The van der Waals surface area contributed by atoms with Crippen LogP contribution in [0.25, 0.3) is 0 Å². The third-order valence-corrected chi connectivity index (χ3v) is 2.23. The molecule has 0 heterocycles. The number of carbonyl (C=O) groups excluding carboxylic acids is 2. The fraction of sp³-hybridized carbons (Fsp3) is 0.200. The van der Waals surface area contributed by atoms with E-state index in [1.807, 2.05) is 5.32 Å². The molecule has 1 rings (SSSR count). The smallest absolute Gasteiger partial charge is 0.243 e. The Hall–Kier alpha value is -1.50. The summed E-state index contributed by atoms with van der Waals surface area (Å²) in [6.45, 7) is 0.887. The summed E-state index contributed by atoms with van der Waals surface area (Å²) in [5.41, 5.74) is -0.538. The Morgan fingerprint density at radius 1 is 1.29 bits per heavy atom. The molecule has 4 nitrogen and oxygen atoms in total. The van der Waals surface area contributed by atoms with Crippen molar-refractivity contribution in [2.45, 2.75) is 6.92 Å². The molecule has 0 saturated heterocycles. The Balaban J connectivity index is 2.75. The van der Waals surface area contributed by atoms with E-state index in [9.17, 15) is 18.4 Å². The van der Waals surface area contributed by atoms with Gasteiger partial charge in [-0.25, -0.2) is 8.78 Å². The Bertz CT molecular complexity index is 443. The van der Waals surface area contributed by atoms with Gasteiger partial charge < -0.3 is 10.6 Å². The summed E-state index contributed by atoms with van der Waals surface area (Å²) >= 11 is 2.91.